The van der Waals surface area contributed by atoms with Crippen molar-refractivity contribution >= 4 is 43.8 Å². The topological polar surface area (TPSA) is 153 Å². The third-order valence-electron chi connectivity index (χ3n) is 4.50. The van der Waals surface area contributed by atoms with Crippen molar-refractivity contribution in [3.8, 4) is 23.0 Å². The molecule has 2 aromatic heterocycles. The predicted molar refractivity (Wildman–Crippen MR) is 126 cm³/mol. The van der Waals surface area contributed by atoms with Crippen LogP contribution in [0.2, 0.25) is 0 Å². The van der Waals surface area contributed by atoms with Crippen LogP contribution in [0.15, 0.2) is 63.3 Å². The number of carbonyl (C=O) groups excluding carboxylic acids is 1. The number of sulfonamides is 1. The number of alkyl halides is 1. The number of anilines is 3. The molecule has 0 spiro atoms. The smallest absolute Gasteiger partial charge is 0.277 e. The summed E-state index contributed by atoms with van der Waals surface area (Å²) in [5.41, 5.74) is 5.02. The van der Waals surface area contributed by atoms with Gasteiger partial charge in [-0.15, -0.1) is 11.3 Å². The van der Waals surface area contributed by atoms with E-state index in [9.17, 15) is 17.6 Å². The Hall–Kier alpha value is -3.84. The molecule has 0 saturated heterocycles. The molecule has 4 rings (SSSR count). The number of aromatic nitrogens is 3. The average Bonchev–Trinajstić information content (AvgIpc) is 3.43. The number of thiazole rings is 1. The van der Waals surface area contributed by atoms with Crippen LogP contribution in [0.4, 0.5) is 20.9 Å². The molecule has 0 bridgehead atoms. The van der Waals surface area contributed by atoms with E-state index in [-0.39, 0.29) is 22.3 Å². The number of nitrogens with one attached hydrogen (secondary N) is 2. The van der Waals surface area contributed by atoms with Gasteiger partial charge < -0.3 is 15.6 Å². The zero-order chi connectivity index (χ0) is 24.5. The van der Waals surface area contributed by atoms with E-state index in [1.807, 2.05) is 0 Å². The summed E-state index contributed by atoms with van der Waals surface area (Å²) in [6.07, 6.45) is 0. The van der Waals surface area contributed by atoms with E-state index in [0.29, 0.717) is 22.1 Å². The largest absolute Gasteiger partial charge is 0.375 e. The van der Waals surface area contributed by atoms with E-state index in [1.165, 1.54) is 47.7 Å². The lowest BCUT2D eigenvalue weighted by molar-refractivity contribution is -0.125. The van der Waals surface area contributed by atoms with Gasteiger partial charge in [-0.05, 0) is 50.2 Å². The second-order valence-corrected chi connectivity index (χ2v) is 10.2. The monoisotopic (exact) mass is 502 g/mol. The molecule has 2 aromatic carbocycles. The number of hydrogen-bond acceptors (Lipinski definition) is 9. The first-order valence-corrected chi connectivity index (χ1v) is 12.2. The molecule has 176 valence electrons. The minimum absolute atomic E-state index is 0.0224. The van der Waals surface area contributed by atoms with E-state index < -0.39 is 21.6 Å². The number of rotatable bonds is 7. The molecule has 0 unspecified atom stereocenters. The van der Waals surface area contributed by atoms with Crippen molar-refractivity contribution < 1.29 is 22.1 Å². The standard InChI is InChI=1S/C21H19FN6O4S2/c1-21(2,22)19(29)24-13-6-8-14(9-7-13)28-34(30,31)15-5-3-4-12(10-15)17-26-18(32-27-17)16-11-33-20(23)25-16/h3-11,28H,1-2H3,(H2,23,25)(H,24,29). The summed E-state index contributed by atoms with van der Waals surface area (Å²) in [6.45, 7) is 2.28. The van der Waals surface area contributed by atoms with Gasteiger partial charge in [0.25, 0.3) is 21.8 Å². The zero-order valence-electron chi connectivity index (χ0n) is 17.9. The molecule has 34 heavy (non-hydrogen) atoms. The van der Waals surface area contributed by atoms with Crippen LogP contribution in [-0.2, 0) is 14.8 Å². The Morgan fingerprint density at radius 3 is 2.47 bits per heavy atom. The SMILES string of the molecule is CC(C)(F)C(=O)Nc1ccc(NS(=O)(=O)c2cccc(-c3noc(-c4csc(N)n4)n3)c2)cc1. The number of nitrogen functional groups attached to an aromatic ring is 1. The first-order chi connectivity index (χ1) is 16.0. The lowest BCUT2D eigenvalue weighted by atomic mass is 10.1. The number of nitrogens with two attached hydrogens (primary N) is 1. The van der Waals surface area contributed by atoms with Gasteiger partial charge >= 0.3 is 0 Å². The summed E-state index contributed by atoms with van der Waals surface area (Å²) in [5.74, 6) is -0.451. The number of hydrogen-bond donors (Lipinski definition) is 3. The van der Waals surface area contributed by atoms with Crippen molar-refractivity contribution in [2.45, 2.75) is 24.4 Å². The second kappa shape index (κ2) is 8.83. The molecule has 0 atom stereocenters. The van der Waals surface area contributed by atoms with E-state index in [4.69, 9.17) is 10.3 Å². The molecule has 2 heterocycles. The lowest BCUT2D eigenvalue weighted by Crippen LogP contribution is -2.32. The Balaban J connectivity index is 1.51. The van der Waals surface area contributed by atoms with Crippen molar-refractivity contribution in [1.29, 1.82) is 0 Å². The molecular formula is C21H19FN6O4S2. The third-order valence-corrected chi connectivity index (χ3v) is 6.56. The van der Waals surface area contributed by atoms with Crippen LogP contribution in [0.3, 0.4) is 0 Å². The van der Waals surface area contributed by atoms with E-state index in [1.54, 1.807) is 17.5 Å². The Morgan fingerprint density at radius 1 is 1.12 bits per heavy atom. The normalized spacial score (nSPS) is 11.9. The Morgan fingerprint density at radius 2 is 1.82 bits per heavy atom. The predicted octanol–water partition coefficient (Wildman–Crippen LogP) is 3.93. The quantitative estimate of drug-likeness (QED) is 0.344. The number of carbonyl (C=O) groups is 1. The first kappa shape index (κ1) is 23.3. The first-order valence-electron chi connectivity index (χ1n) is 9.80. The van der Waals surface area contributed by atoms with Crippen LogP contribution in [0.25, 0.3) is 23.0 Å². The summed E-state index contributed by atoms with van der Waals surface area (Å²) in [7, 11) is -3.96. The maximum absolute atomic E-state index is 13.7. The fourth-order valence-corrected chi connectivity index (χ4v) is 4.39. The van der Waals surface area contributed by atoms with Gasteiger partial charge in [0.15, 0.2) is 10.8 Å². The molecule has 0 radical (unpaired) electrons. The van der Waals surface area contributed by atoms with Crippen LogP contribution >= 0.6 is 11.3 Å². The molecule has 13 heteroatoms. The number of halogens is 1. The zero-order valence-corrected chi connectivity index (χ0v) is 19.6. The molecule has 0 aliphatic heterocycles. The summed E-state index contributed by atoms with van der Waals surface area (Å²) in [5, 5.41) is 8.34. The van der Waals surface area contributed by atoms with E-state index in [0.717, 1.165) is 13.8 Å². The van der Waals surface area contributed by atoms with Gasteiger partial charge in [0, 0.05) is 22.3 Å². The van der Waals surface area contributed by atoms with Crippen LogP contribution in [0.1, 0.15) is 13.8 Å². The van der Waals surface area contributed by atoms with Gasteiger partial charge in [0.05, 0.1) is 4.90 Å². The highest BCUT2D eigenvalue weighted by Crippen LogP contribution is 2.26. The van der Waals surface area contributed by atoms with Crippen molar-refractivity contribution in [2.24, 2.45) is 0 Å². The number of amides is 1. The van der Waals surface area contributed by atoms with Crippen LogP contribution in [0.5, 0.6) is 0 Å². The molecule has 1 amide bonds. The van der Waals surface area contributed by atoms with E-state index in [2.05, 4.69) is 25.2 Å². The van der Waals surface area contributed by atoms with Crippen LogP contribution in [-0.4, -0.2) is 35.1 Å². The van der Waals surface area contributed by atoms with E-state index >= 15 is 0 Å². The Labute approximate surface area is 198 Å². The van der Waals surface area contributed by atoms with Gasteiger partial charge in [-0.2, -0.15) is 4.98 Å². The van der Waals surface area contributed by atoms with Gasteiger partial charge in [-0.3, -0.25) is 9.52 Å². The summed E-state index contributed by atoms with van der Waals surface area (Å²) in [4.78, 5) is 20.1. The van der Waals surface area contributed by atoms with Crippen molar-refractivity contribution in [1.82, 2.24) is 15.1 Å². The molecule has 0 fully saturated rings. The van der Waals surface area contributed by atoms with Gasteiger partial charge in [0.2, 0.25) is 5.82 Å². The van der Waals surface area contributed by atoms with Gasteiger partial charge in [-0.25, -0.2) is 17.8 Å². The molecule has 10 nitrogen and oxygen atoms in total. The fourth-order valence-electron chi connectivity index (χ4n) is 2.75. The molecular weight excluding hydrogens is 483 g/mol. The molecule has 0 saturated carbocycles. The van der Waals surface area contributed by atoms with Gasteiger partial charge in [-0.1, -0.05) is 17.3 Å². The summed E-state index contributed by atoms with van der Waals surface area (Å²) >= 11 is 1.23. The minimum Gasteiger partial charge on any atom is -0.375 e. The highest BCUT2D eigenvalue weighted by molar-refractivity contribution is 7.92. The van der Waals surface area contributed by atoms with Crippen molar-refractivity contribution in [3.63, 3.8) is 0 Å². The average molecular weight is 503 g/mol. The molecule has 0 aliphatic carbocycles. The third kappa shape index (κ3) is 5.21. The van der Waals surface area contributed by atoms with Crippen LogP contribution in [0, 0.1) is 0 Å². The summed E-state index contributed by atoms with van der Waals surface area (Å²) in [6, 6.07) is 11.9. The molecule has 4 aromatic rings. The Kier molecular flexibility index (Phi) is 6.06. The highest BCUT2D eigenvalue weighted by Gasteiger charge is 2.26. The maximum Gasteiger partial charge on any atom is 0.277 e. The van der Waals surface area contributed by atoms with Crippen molar-refractivity contribution in [3.05, 3.63) is 53.9 Å². The summed E-state index contributed by atoms with van der Waals surface area (Å²) < 4.78 is 47.1. The Bertz CT molecular complexity index is 1440. The minimum atomic E-state index is -3.96. The maximum atomic E-state index is 13.7. The fraction of sp³-hybridized carbons (Fsp3) is 0.143. The van der Waals surface area contributed by atoms with Gasteiger partial charge in [0.1, 0.15) is 5.69 Å². The van der Waals surface area contributed by atoms with Crippen molar-refractivity contribution in [2.75, 3.05) is 15.8 Å². The second-order valence-electron chi connectivity index (χ2n) is 7.63. The molecule has 4 N–H and O–H groups in total. The highest BCUT2D eigenvalue weighted by atomic mass is 32.2. The van der Waals surface area contributed by atoms with Crippen LogP contribution < -0.4 is 15.8 Å². The number of nitrogens with zero attached hydrogens (tertiary/aromatic N) is 3. The lowest BCUT2D eigenvalue weighted by Gasteiger charge is -2.14. The molecule has 0 aliphatic rings. The number of benzene rings is 2.